The first kappa shape index (κ1) is 11.5. The Balaban J connectivity index is 2.23. The molecule has 5 heteroatoms. The molecule has 0 saturated heterocycles. The van der Waals surface area contributed by atoms with Gasteiger partial charge >= 0.3 is 0 Å². The topological polar surface area (TPSA) is 74.2 Å². The highest BCUT2D eigenvalue weighted by molar-refractivity contribution is 5.12. The van der Waals surface area contributed by atoms with Crippen LogP contribution in [0.1, 0.15) is 51.4 Å². The zero-order chi connectivity index (χ0) is 12.0. The number of hydrogen-bond donors (Lipinski definition) is 1. The van der Waals surface area contributed by atoms with Gasteiger partial charge in [0, 0.05) is 7.11 Å². The molecule has 1 saturated carbocycles. The minimum Gasteiger partial charge on any atom is -0.373 e. The summed E-state index contributed by atoms with van der Waals surface area (Å²) < 4.78 is 10.6. The Morgan fingerprint density at radius 3 is 2.50 bits per heavy atom. The Bertz CT molecular complexity index is 377. The second-order valence-corrected chi connectivity index (χ2v) is 5.60. The molecule has 0 aliphatic heterocycles. The van der Waals surface area contributed by atoms with Gasteiger partial charge in [0.1, 0.15) is 6.10 Å². The van der Waals surface area contributed by atoms with Crippen LogP contribution in [0.15, 0.2) is 4.52 Å². The van der Waals surface area contributed by atoms with Gasteiger partial charge in [-0.3, -0.25) is 0 Å². The molecule has 1 aromatic rings. The third-order valence-electron chi connectivity index (χ3n) is 2.91. The quantitative estimate of drug-likeness (QED) is 0.848. The van der Waals surface area contributed by atoms with E-state index in [1.165, 1.54) is 0 Å². The van der Waals surface area contributed by atoms with Crippen molar-refractivity contribution >= 4 is 0 Å². The molecule has 2 rings (SSSR count). The Hall–Kier alpha value is -0.940. The van der Waals surface area contributed by atoms with Gasteiger partial charge in [-0.2, -0.15) is 4.98 Å². The lowest BCUT2D eigenvalue weighted by atomic mass is 9.88. The van der Waals surface area contributed by atoms with Crippen LogP contribution in [0.3, 0.4) is 0 Å². The van der Waals surface area contributed by atoms with Gasteiger partial charge in [-0.05, 0) is 18.3 Å². The molecule has 0 spiro atoms. The standard InChI is InChI=1S/C11H19N3O2/c1-10(2,3)7(15-4)8-13-9(16-14-8)11(12)5-6-11/h7H,5-6,12H2,1-4H3. The van der Waals surface area contributed by atoms with Crippen LogP contribution in [0.4, 0.5) is 0 Å². The second-order valence-electron chi connectivity index (χ2n) is 5.60. The molecule has 16 heavy (non-hydrogen) atoms. The molecule has 2 N–H and O–H groups in total. The lowest BCUT2D eigenvalue weighted by Gasteiger charge is -2.26. The smallest absolute Gasteiger partial charge is 0.246 e. The Morgan fingerprint density at radius 2 is 2.06 bits per heavy atom. The molecular weight excluding hydrogens is 206 g/mol. The van der Waals surface area contributed by atoms with Crippen molar-refractivity contribution in [3.8, 4) is 0 Å². The Morgan fingerprint density at radius 1 is 1.44 bits per heavy atom. The highest BCUT2D eigenvalue weighted by Crippen LogP contribution is 2.42. The third kappa shape index (κ3) is 1.97. The van der Waals surface area contributed by atoms with Crippen molar-refractivity contribution in [2.45, 2.75) is 45.3 Å². The second kappa shape index (κ2) is 3.53. The number of aromatic nitrogens is 2. The van der Waals surface area contributed by atoms with Gasteiger partial charge in [-0.25, -0.2) is 0 Å². The third-order valence-corrected chi connectivity index (χ3v) is 2.91. The van der Waals surface area contributed by atoms with E-state index in [9.17, 15) is 0 Å². The normalized spacial score (nSPS) is 20.8. The number of methoxy groups -OCH3 is 1. The summed E-state index contributed by atoms with van der Waals surface area (Å²) in [7, 11) is 1.65. The summed E-state index contributed by atoms with van der Waals surface area (Å²) in [5.41, 5.74) is 5.55. The first-order chi connectivity index (χ1) is 7.37. The number of nitrogens with zero attached hydrogens (tertiary/aromatic N) is 2. The average molecular weight is 225 g/mol. The van der Waals surface area contributed by atoms with Gasteiger partial charge in [0.2, 0.25) is 11.7 Å². The number of hydrogen-bond acceptors (Lipinski definition) is 5. The first-order valence-corrected chi connectivity index (χ1v) is 5.52. The van der Waals surface area contributed by atoms with Gasteiger partial charge in [0.15, 0.2) is 0 Å². The molecular formula is C11H19N3O2. The lowest BCUT2D eigenvalue weighted by Crippen LogP contribution is -2.22. The molecule has 90 valence electrons. The molecule has 5 nitrogen and oxygen atoms in total. The van der Waals surface area contributed by atoms with Crippen LogP contribution in [-0.2, 0) is 10.3 Å². The minimum absolute atomic E-state index is 0.0682. The van der Waals surface area contributed by atoms with Crippen molar-refractivity contribution in [3.63, 3.8) is 0 Å². The van der Waals surface area contributed by atoms with Crippen LogP contribution in [0.5, 0.6) is 0 Å². The van der Waals surface area contributed by atoms with E-state index < -0.39 is 0 Å². The first-order valence-electron chi connectivity index (χ1n) is 5.52. The van der Waals surface area contributed by atoms with E-state index in [1.54, 1.807) is 7.11 Å². The maximum atomic E-state index is 5.99. The fourth-order valence-electron chi connectivity index (χ4n) is 1.74. The van der Waals surface area contributed by atoms with E-state index in [-0.39, 0.29) is 17.1 Å². The number of rotatable bonds is 3. The van der Waals surface area contributed by atoms with Crippen molar-refractivity contribution in [1.82, 2.24) is 10.1 Å². The fraction of sp³-hybridized carbons (Fsp3) is 0.818. The highest BCUT2D eigenvalue weighted by Gasteiger charge is 2.46. The van der Waals surface area contributed by atoms with Crippen LogP contribution in [0, 0.1) is 5.41 Å². The van der Waals surface area contributed by atoms with Gasteiger partial charge in [-0.1, -0.05) is 25.9 Å². The van der Waals surface area contributed by atoms with E-state index in [4.69, 9.17) is 15.0 Å². The van der Waals surface area contributed by atoms with Crippen molar-refractivity contribution in [2.24, 2.45) is 11.1 Å². The molecule has 1 aliphatic carbocycles. The van der Waals surface area contributed by atoms with Crippen LogP contribution in [0.2, 0.25) is 0 Å². The summed E-state index contributed by atoms with van der Waals surface area (Å²) >= 11 is 0. The van der Waals surface area contributed by atoms with Gasteiger partial charge in [-0.15, -0.1) is 0 Å². The maximum Gasteiger partial charge on any atom is 0.246 e. The van der Waals surface area contributed by atoms with E-state index in [0.29, 0.717) is 11.7 Å². The summed E-state index contributed by atoms with van der Waals surface area (Å²) in [6.45, 7) is 6.23. The molecule has 1 unspecified atom stereocenters. The number of nitrogens with two attached hydrogens (primary N) is 1. The molecule has 1 aromatic heterocycles. The summed E-state index contributed by atoms with van der Waals surface area (Å²) in [6.07, 6.45) is 1.66. The van der Waals surface area contributed by atoms with Crippen LogP contribution >= 0.6 is 0 Å². The van der Waals surface area contributed by atoms with Crippen molar-refractivity contribution < 1.29 is 9.26 Å². The lowest BCUT2D eigenvalue weighted by molar-refractivity contribution is 0.00718. The van der Waals surface area contributed by atoms with Crippen molar-refractivity contribution in [1.29, 1.82) is 0 Å². The average Bonchev–Trinajstić information content (AvgIpc) is 2.75. The van der Waals surface area contributed by atoms with Crippen molar-refractivity contribution in [2.75, 3.05) is 7.11 Å². The number of ether oxygens (including phenoxy) is 1. The highest BCUT2D eigenvalue weighted by atomic mass is 16.5. The van der Waals surface area contributed by atoms with E-state index in [1.807, 2.05) is 0 Å². The van der Waals surface area contributed by atoms with E-state index >= 15 is 0 Å². The van der Waals surface area contributed by atoms with Crippen LogP contribution in [-0.4, -0.2) is 17.3 Å². The summed E-state index contributed by atoms with van der Waals surface area (Å²) in [5.74, 6) is 1.12. The predicted octanol–water partition coefficient (Wildman–Crippen LogP) is 1.75. The van der Waals surface area contributed by atoms with E-state index in [2.05, 4.69) is 30.9 Å². The fourth-order valence-corrected chi connectivity index (χ4v) is 1.74. The predicted molar refractivity (Wildman–Crippen MR) is 58.6 cm³/mol. The molecule has 0 aromatic carbocycles. The molecule has 1 heterocycles. The maximum absolute atomic E-state index is 5.99. The largest absolute Gasteiger partial charge is 0.373 e. The summed E-state index contributed by atoms with van der Waals surface area (Å²) in [5, 5.41) is 3.97. The molecule has 0 bridgehead atoms. The minimum atomic E-state index is -0.374. The van der Waals surface area contributed by atoms with Crippen molar-refractivity contribution in [3.05, 3.63) is 11.7 Å². The summed E-state index contributed by atoms with van der Waals surface area (Å²) in [6, 6.07) is 0. The van der Waals surface area contributed by atoms with Gasteiger partial charge in [0.05, 0.1) is 5.54 Å². The Labute approximate surface area is 95.3 Å². The SMILES string of the molecule is COC(c1noc(C2(N)CC2)n1)C(C)(C)C. The summed E-state index contributed by atoms with van der Waals surface area (Å²) in [4.78, 5) is 4.35. The van der Waals surface area contributed by atoms with Crippen LogP contribution in [0.25, 0.3) is 0 Å². The zero-order valence-electron chi connectivity index (χ0n) is 10.3. The van der Waals surface area contributed by atoms with E-state index in [0.717, 1.165) is 12.8 Å². The van der Waals surface area contributed by atoms with Gasteiger partial charge < -0.3 is 15.0 Å². The molecule has 1 atom stereocenters. The monoisotopic (exact) mass is 225 g/mol. The molecule has 1 aliphatic rings. The zero-order valence-corrected chi connectivity index (χ0v) is 10.3. The molecule has 0 radical (unpaired) electrons. The Kier molecular flexibility index (Phi) is 2.55. The van der Waals surface area contributed by atoms with Gasteiger partial charge in [0.25, 0.3) is 0 Å². The molecule has 0 amide bonds. The molecule has 1 fully saturated rings. The van der Waals surface area contributed by atoms with Crippen LogP contribution < -0.4 is 5.73 Å².